The fraction of sp³-hybridized carbons (Fsp3) is 0.273. The standard InChI is InChI=1S/C11H13NO3S/c1-12(2)7-10-5-8-3-4-9(13)6-11(8)16(10,14)15/h3-6,13H,7H2,1-2H3. The van der Waals surface area contributed by atoms with E-state index >= 15 is 0 Å². The molecule has 1 N–H and O–H groups in total. The molecule has 1 aromatic rings. The molecule has 0 radical (unpaired) electrons. The molecule has 0 spiro atoms. The lowest BCUT2D eigenvalue weighted by atomic mass is 10.2. The van der Waals surface area contributed by atoms with Crippen LogP contribution in [-0.4, -0.2) is 39.1 Å². The molecule has 4 nitrogen and oxygen atoms in total. The largest absolute Gasteiger partial charge is 0.508 e. The van der Waals surface area contributed by atoms with Crippen LogP contribution in [0.15, 0.2) is 28.0 Å². The van der Waals surface area contributed by atoms with Crippen molar-refractivity contribution in [2.75, 3.05) is 20.6 Å². The Morgan fingerprint density at radius 2 is 2.00 bits per heavy atom. The van der Waals surface area contributed by atoms with Crippen LogP contribution in [0.2, 0.25) is 0 Å². The number of phenols is 1. The highest BCUT2D eigenvalue weighted by molar-refractivity contribution is 7.95. The van der Waals surface area contributed by atoms with Gasteiger partial charge in [0.25, 0.3) is 0 Å². The van der Waals surface area contributed by atoms with Crippen LogP contribution in [0.25, 0.3) is 6.08 Å². The molecule has 0 aliphatic carbocycles. The van der Waals surface area contributed by atoms with E-state index in [9.17, 15) is 13.5 Å². The molecule has 5 heteroatoms. The number of phenolic OH excluding ortho intramolecular Hbond substituents is 1. The van der Waals surface area contributed by atoms with Crippen molar-refractivity contribution in [2.45, 2.75) is 4.90 Å². The highest BCUT2D eigenvalue weighted by atomic mass is 32.2. The Hall–Kier alpha value is -1.33. The summed E-state index contributed by atoms with van der Waals surface area (Å²) in [4.78, 5) is 2.37. The molecule has 1 aromatic carbocycles. The lowest BCUT2D eigenvalue weighted by molar-refractivity contribution is 0.451. The molecule has 0 atom stereocenters. The minimum Gasteiger partial charge on any atom is -0.508 e. The third kappa shape index (κ3) is 1.72. The van der Waals surface area contributed by atoms with Gasteiger partial charge in [0, 0.05) is 6.54 Å². The van der Waals surface area contributed by atoms with Crippen molar-refractivity contribution in [3.63, 3.8) is 0 Å². The molecule has 2 rings (SSSR count). The van der Waals surface area contributed by atoms with Crippen molar-refractivity contribution in [1.82, 2.24) is 4.90 Å². The summed E-state index contributed by atoms with van der Waals surface area (Å²) in [5.41, 5.74) is 0.648. The van der Waals surface area contributed by atoms with E-state index in [0.29, 0.717) is 17.0 Å². The molecule has 0 bridgehead atoms. The SMILES string of the molecule is CN(C)CC1=Cc2ccc(O)cc2S1(=O)=O. The quantitative estimate of drug-likeness (QED) is 0.839. The number of hydrogen-bond donors (Lipinski definition) is 1. The number of nitrogens with zero attached hydrogens (tertiary/aromatic N) is 1. The molecule has 86 valence electrons. The molecular weight excluding hydrogens is 226 g/mol. The van der Waals surface area contributed by atoms with Crippen LogP contribution >= 0.6 is 0 Å². The first-order chi connectivity index (χ1) is 7.41. The Kier molecular flexibility index (Phi) is 2.52. The van der Waals surface area contributed by atoms with Gasteiger partial charge in [-0.15, -0.1) is 0 Å². The van der Waals surface area contributed by atoms with Crippen LogP contribution in [0.3, 0.4) is 0 Å². The van der Waals surface area contributed by atoms with Gasteiger partial charge in [0.2, 0.25) is 9.84 Å². The van der Waals surface area contributed by atoms with Gasteiger partial charge in [-0.1, -0.05) is 0 Å². The topological polar surface area (TPSA) is 57.6 Å². The van der Waals surface area contributed by atoms with E-state index in [1.54, 1.807) is 17.0 Å². The minimum absolute atomic E-state index is 0.0261. The summed E-state index contributed by atoms with van der Waals surface area (Å²) < 4.78 is 24.1. The predicted octanol–water partition coefficient (Wildman–Crippen LogP) is 1.08. The predicted molar refractivity (Wildman–Crippen MR) is 61.8 cm³/mol. The summed E-state index contributed by atoms with van der Waals surface area (Å²) in [5.74, 6) is -0.0261. The Labute approximate surface area is 94.7 Å². The van der Waals surface area contributed by atoms with Crippen molar-refractivity contribution >= 4 is 15.9 Å². The van der Waals surface area contributed by atoms with Gasteiger partial charge >= 0.3 is 0 Å². The van der Waals surface area contributed by atoms with Crippen molar-refractivity contribution in [3.8, 4) is 5.75 Å². The Morgan fingerprint density at radius 1 is 1.31 bits per heavy atom. The molecule has 0 saturated carbocycles. The van der Waals surface area contributed by atoms with Crippen LogP contribution in [0, 0.1) is 0 Å². The van der Waals surface area contributed by atoms with Crippen molar-refractivity contribution in [3.05, 3.63) is 28.7 Å². The summed E-state index contributed by atoms with van der Waals surface area (Å²) in [7, 11) is 0.228. The van der Waals surface area contributed by atoms with E-state index in [1.165, 1.54) is 12.1 Å². The monoisotopic (exact) mass is 239 g/mol. The maximum absolute atomic E-state index is 12.1. The molecule has 1 aliphatic heterocycles. The van der Waals surface area contributed by atoms with Crippen LogP contribution in [0.1, 0.15) is 5.56 Å². The molecule has 0 unspecified atom stereocenters. The van der Waals surface area contributed by atoms with Gasteiger partial charge in [0.1, 0.15) is 5.75 Å². The molecule has 0 amide bonds. The second-order valence-electron chi connectivity index (χ2n) is 4.07. The minimum atomic E-state index is -3.40. The number of fused-ring (bicyclic) bond motifs is 1. The molecular formula is C11H13NO3S. The summed E-state index contributed by atoms with van der Waals surface area (Å²) in [6.07, 6.45) is 1.66. The second kappa shape index (κ2) is 3.61. The van der Waals surface area contributed by atoms with E-state index in [-0.39, 0.29) is 10.6 Å². The van der Waals surface area contributed by atoms with Gasteiger partial charge in [-0.2, -0.15) is 0 Å². The van der Waals surface area contributed by atoms with E-state index in [0.717, 1.165) is 0 Å². The molecule has 0 aromatic heterocycles. The highest BCUT2D eigenvalue weighted by Gasteiger charge is 2.29. The Balaban J connectivity index is 2.52. The molecule has 16 heavy (non-hydrogen) atoms. The zero-order valence-electron chi connectivity index (χ0n) is 9.14. The summed E-state index contributed by atoms with van der Waals surface area (Å²) in [5, 5.41) is 9.30. The Bertz CT molecular complexity index is 559. The summed E-state index contributed by atoms with van der Waals surface area (Å²) >= 11 is 0. The number of rotatable bonds is 2. The molecule has 0 fully saturated rings. The lowest BCUT2D eigenvalue weighted by Gasteiger charge is -2.10. The third-order valence-corrected chi connectivity index (χ3v) is 4.29. The molecule has 0 saturated heterocycles. The number of sulfone groups is 1. The van der Waals surface area contributed by atoms with Crippen LogP contribution in [0.4, 0.5) is 0 Å². The maximum Gasteiger partial charge on any atom is 0.204 e. The lowest BCUT2D eigenvalue weighted by Crippen LogP contribution is -2.18. The van der Waals surface area contributed by atoms with E-state index < -0.39 is 9.84 Å². The first-order valence-corrected chi connectivity index (χ1v) is 6.33. The second-order valence-corrected chi connectivity index (χ2v) is 6.05. The van der Waals surface area contributed by atoms with Gasteiger partial charge in [-0.25, -0.2) is 8.42 Å². The number of hydrogen-bond acceptors (Lipinski definition) is 4. The first kappa shape index (κ1) is 11.2. The average Bonchev–Trinajstić information content (AvgIpc) is 2.40. The normalized spacial score (nSPS) is 17.3. The highest BCUT2D eigenvalue weighted by Crippen LogP contribution is 2.34. The van der Waals surface area contributed by atoms with Gasteiger partial charge in [0.15, 0.2) is 0 Å². The zero-order valence-corrected chi connectivity index (χ0v) is 9.95. The van der Waals surface area contributed by atoms with Crippen molar-refractivity contribution in [1.29, 1.82) is 0 Å². The fourth-order valence-electron chi connectivity index (χ4n) is 1.71. The number of likely N-dealkylation sites (N-methyl/N-ethyl adjacent to an activating group) is 1. The van der Waals surface area contributed by atoms with Crippen molar-refractivity contribution in [2.24, 2.45) is 0 Å². The van der Waals surface area contributed by atoms with Crippen LogP contribution in [-0.2, 0) is 9.84 Å². The van der Waals surface area contributed by atoms with Gasteiger partial charge in [-0.3, -0.25) is 0 Å². The van der Waals surface area contributed by atoms with E-state index in [4.69, 9.17) is 0 Å². The average molecular weight is 239 g/mol. The summed E-state index contributed by atoms with van der Waals surface area (Å²) in [6, 6.07) is 4.40. The van der Waals surface area contributed by atoms with Crippen molar-refractivity contribution < 1.29 is 13.5 Å². The van der Waals surface area contributed by atoms with E-state index in [1.807, 2.05) is 14.1 Å². The fourth-order valence-corrected chi connectivity index (χ4v) is 3.42. The molecule has 1 heterocycles. The van der Waals surface area contributed by atoms with Gasteiger partial charge < -0.3 is 10.0 Å². The maximum atomic E-state index is 12.1. The number of aromatic hydroxyl groups is 1. The first-order valence-electron chi connectivity index (χ1n) is 4.84. The summed E-state index contributed by atoms with van der Waals surface area (Å²) in [6.45, 7) is 0.373. The smallest absolute Gasteiger partial charge is 0.204 e. The van der Waals surface area contributed by atoms with Crippen LogP contribution in [0.5, 0.6) is 5.75 Å². The number of benzene rings is 1. The molecule has 1 aliphatic rings. The third-order valence-electron chi connectivity index (χ3n) is 2.42. The zero-order chi connectivity index (χ0) is 11.9. The van der Waals surface area contributed by atoms with E-state index in [2.05, 4.69) is 0 Å². The van der Waals surface area contributed by atoms with Gasteiger partial charge in [-0.05, 0) is 43.9 Å². The van der Waals surface area contributed by atoms with Crippen LogP contribution < -0.4 is 0 Å². The van der Waals surface area contributed by atoms with Gasteiger partial charge in [0.05, 0.1) is 9.80 Å². The Morgan fingerprint density at radius 3 is 2.62 bits per heavy atom.